The maximum absolute atomic E-state index is 12.8. The quantitative estimate of drug-likeness (QED) is 0.365. The molecule has 0 radical (unpaired) electrons. The summed E-state index contributed by atoms with van der Waals surface area (Å²) in [6.07, 6.45) is 2.18. The van der Waals surface area contributed by atoms with Crippen LogP contribution in [0, 0.1) is 0 Å². The van der Waals surface area contributed by atoms with Crippen molar-refractivity contribution in [2.75, 3.05) is 0 Å². The van der Waals surface area contributed by atoms with Gasteiger partial charge in [0, 0.05) is 10.9 Å². The Bertz CT molecular complexity index is 944. The highest BCUT2D eigenvalue weighted by Crippen LogP contribution is 2.46. The molecule has 2 aromatic carbocycles. The van der Waals surface area contributed by atoms with Gasteiger partial charge in [-0.25, -0.2) is 9.59 Å². The molecule has 0 aliphatic heterocycles. The number of carbonyl (C=O) groups is 2. The van der Waals surface area contributed by atoms with E-state index in [-0.39, 0.29) is 16.4 Å². The molecule has 0 fully saturated rings. The zero-order chi connectivity index (χ0) is 20.7. The third-order valence-corrected chi connectivity index (χ3v) is 6.35. The Morgan fingerprint density at radius 1 is 0.964 bits per heavy atom. The van der Waals surface area contributed by atoms with Crippen molar-refractivity contribution in [3.8, 4) is 5.75 Å². The van der Waals surface area contributed by atoms with Crippen LogP contribution in [0.1, 0.15) is 77.9 Å². The van der Waals surface area contributed by atoms with Gasteiger partial charge >= 0.3 is 11.9 Å². The average Bonchev–Trinajstić information content (AvgIpc) is 2.65. The van der Waals surface area contributed by atoms with E-state index in [1.165, 1.54) is 29.3 Å². The molecular formula is C23H25BrO4. The first kappa shape index (κ1) is 20.6. The van der Waals surface area contributed by atoms with E-state index in [2.05, 4.69) is 43.6 Å². The largest absolute Gasteiger partial charge is 0.478 e. The first-order valence-electron chi connectivity index (χ1n) is 9.34. The van der Waals surface area contributed by atoms with Gasteiger partial charge < -0.3 is 9.84 Å². The van der Waals surface area contributed by atoms with E-state index in [0.29, 0.717) is 22.2 Å². The van der Waals surface area contributed by atoms with Crippen LogP contribution < -0.4 is 4.74 Å². The normalized spacial score (nSPS) is 16.9. The van der Waals surface area contributed by atoms with Crippen molar-refractivity contribution in [2.24, 2.45) is 0 Å². The van der Waals surface area contributed by atoms with E-state index >= 15 is 0 Å². The molecular weight excluding hydrogens is 420 g/mol. The van der Waals surface area contributed by atoms with Gasteiger partial charge in [-0.15, -0.1) is 0 Å². The van der Waals surface area contributed by atoms with E-state index in [0.717, 1.165) is 12.8 Å². The number of carboxylic acid groups (broad SMARTS) is 1. The van der Waals surface area contributed by atoms with E-state index in [1.807, 2.05) is 18.2 Å². The van der Waals surface area contributed by atoms with Crippen LogP contribution in [0.15, 0.2) is 36.4 Å². The van der Waals surface area contributed by atoms with Gasteiger partial charge in [0.2, 0.25) is 0 Å². The number of ether oxygens (including phenoxy) is 1. The number of hydrogen-bond acceptors (Lipinski definition) is 3. The van der Waals surface area contributed by atoms with Crippen molar-refractivity contribution in [1.29, 1.82) is 0 Å². The molecule has 1 N–H and O–H groups in total. The fourth-order valence-corrected chi connectivity index (χ4v) is 4.23. The molecule has 0 unspecified atom stereocenters. The van der Waals surface area contributed by atoms with Crippen LogP contribution in [0.5, 0.6) is 5.75 Å². The molecule has 0 atom stereocenters. The Balaban J connectivity index is 1.93. The van der Waals surface area contributed by atoms with Crippen molar-refractivity contribution in [3.63, 3.8) is 0 Å². The van der Waals surface area contributed by atoms with Gasteiger partial charge in [0.05, 0.1) is 11.1 Å². The maximum Gasteiger partial charge on any atom is 0.343 e. The highest BCUT2D eigenvalue weighted by molar-refractivity contribution is 9.08. The summed E-state index contributed by atoms with van der Waals surface area (Å²) < 4.78 is 5.61. The predicted octanol–water partition coefficient (Wildman–Crippen LogP) is 5.85. The second-order valence-corrected chi connectivity index (χ2v) is 9.24. The number of halogens is 1. The van der Waals surface area contributed by atoms with Gasteiger partial charge in [-0.2, -0.15) is 0 Å². The molecule has 0 saturated carbocycles. The fraction of sp³-hybridized carbons (Fsp3) is 0.391. The monoisotopic (exact) mass is 444 g/mol. The summed E-state index contributed by atoms with van der Waals surface area (Å²) in [6, 6.07) is 10.3. The minimum absolute atomic E-state index is 0.00526. The lowest BCUT2D eigenvalue weighted by Gasteiger charge is -2.41. The first-order valence-corrected chi connectivity index (χ1v) is 10.5. The summed E-state index contributed by atoms with van der Waals surface area (Å²) in [4.78, 5) is 24.0. The Labute approximate surface area is 174 Å². The van der Waals surface area contributed by atoms with Crippen LogP contribution in [-0.2, 0) is 16.2 Å². The molecule has 28 heavy (non-hydrogen) atoms. The molecule has 1 aliphatic carbocycles. The SMILES string of the molecule is CC1(C)CCC(C)(C)c2cc(C(=O)Oc3ccc(C(=O)O)cc3CBr)ccc21. The molecule has 0 spiro atoms. The topological polar surface area (TPSA) is 63.6 Å². The average molecular weight is 445 g/mol. The minimum atomic E-state index is -1.01. The van der Waals surface area contributed by atoms with Crippen LogP contribution >= 0.6 is 15.9 Å². The zero-order valence-corrected chi connectivity index (χ0v) is 18.2. The lowest BCUT2D eigenvalue weighted by Crippen LogP contribution is -2.34. The van der Waals surface area contributed by atoms with E-state index in [9.17, 15) is 9.59 Å². The van der Waals surface area contributed by atoms with Crippen molar-refractivity contribution < 1.29 is 19.4 Å². The number of carbonyl (C=O) groups excluding carboxylic acids is 1. The summed E-state index contributed by atoms with van der Waals surface area (Å²) in [5.41, 5.74) is 3.86. The summed E-state index contributed by atoms with van der Waals surface area (Å²) in [5.74, 6) is -1.09. The maximum atomic E-state index is 12.8. The van der Waals surface area contributed by atoms with Gasteiger partial charge in [0.1, 0.15) is 5.75 Å². The highest BCUT2D eigenvalue weighted by atomic mass is 79.9. The fourth-order valence-electron chi connectivity index (χ4n) is 3.79. The van der Waals surface area contributed by atoms with Crippen LogP contribution in [0.4, 0.5) is 0 Å². The van der Waals surface area contributed by atoms with Crippen molar-refractivity contribution in [3.05, 3.63) is 64.2 Å². The number of carboxylic acids is 1. The lowest BCUT2D eigenvalue weighted by molar-refractivity contribution is 0.0696. The number of alkyl halides is 1. The third-order valence-electron chi connectivity index (χ3n) is 5.74. The molecule has 0 amide bonds. The molecule has 148 valence electrons. The molecule has 5 heteroatoms. The van der Waals surface area contributed by atoms with Gasteiger partial charge in [-0.1, -0.05) is 49.7 Å². The second kappa shape index (κ2) is 7.36. The summed E-state index contributed by atoms with van der Waals surface area (Å²) >= 11 is 3.33. The zero-order valence-electron chi connectivity index (χ0n) is 16.6. The standard InChI is InChI=1S/C23H25BrO4/c1-22(2)9-10-23(3,4)18-12-15(5-7-17(18)22)21(27)28-19-8-6-14(20(25)26)11-16(19)13-24/h5-8,11-12H,9-10,13H2,1-4H3,(H,25,26). The van der Waals surface area contributed by atoms with Crippen LogP contribution in [-0.4, -0.2) is 17.0 Å². The van der Waals surface area contributed by atoms with E-state index in [1.54, 1.807) is 0 Å². The predicted molar refractivity (Wildman–Crippen MR) is 113 cm³/mol. The molecule has 4 nitrogen and oxygen atoms in total. The number of rotatable bonds is 4. The molecule has 0 saturated heterocycles. The molecule has 0 aromatic heterocycles. The van der Waals surface area contributed by atoms with Crippen LogP contribution in [0.3, 0.4) is 0 Å². The van der Waals surface area contributed by atoms with Gasteiger partial charge in [0.25, 0.3) is 0 Å². The molecule has 1 aliphatic rings. The molecule has 0 bridgehead atoms. The van der Waals surface area contributed by atoms with Gasteiger partial charge in [-0.05, 0) is 65.1 Å². The Kier molecular flexibility index (Phi) is 5.41. The smallest absolute Gasteiger partial charge is 0.343 e. The van der Waals surface area contributed by atoms with Crippen molar-refractivity contribution in [1.82, 2.24) is 0 Å². The van der Waals surface area contributed by atoms with Gasteiger partial charge in [0.15, 0.2) is 0 Å². The number of benzene rings is 2. The minimum Gasteiger partial charge on any atom is -0.478 e. The number of hydrogen-bond donors (Lipinski definition) is 1. The Morgan fingerprint density at radius 3 is 2.18 bits per heavy atom. The van der Waals surface area contributed by atoms with Crippen molar-refractivity contribution in [2.45, 2.75) is 56.7 Å². The van der Waals surface area contributed by atoms with E-state index in [4.69, 9.17) is 9.84 Å². The molecule has 2 aromatic rings. The summed E-state index contributed by atoms with van der Waals surface area (Å²) in [7, 11) is 0. The van der Waals surface area contributed by atoms with Crippen molar-refractivity contribution >= 4 is 27.9 Å². The number of aromatic carboxylic acids is 1. The summed E-state index contributed by atoms with van der Waals surface area (Å²) in [5, 5.41) is 9.53. The second-order valence-electron chi connectivity index (χ2n) is 8.68. The molecule has 0 heterocycles. The van der Waals surface area contributed by atoms with E-state index < -0.39 is 11.9 Å². The van der Waals surface area contributed by atoms with Gasteiger partial charge in [-0.3, -0.25) is 0 Å². The highest BCUT2D eigenvalue weighted by Gasteiger charge is 2.37. The lowest BCUT2D eigenvalue weighted by atomic mass is 9.63. The Morgan fingerprint density at radius 2 is 1.57 bits per heavy atom. The summed E-state index contributed by atoms with van der Waals surface area (Å²) in [6.45, 7) is 8.91. The molecule has 3 rings (SSSR count). The van der Waals surface area contributed by atoms with Crippen LogP contribution in [0.25, 0.3) is 0 Å². The third kappa shape index (κ3) is 3.86. The Hall–Kier alpha value is -2.14. The first-order chi connectivity index (χ1) is 13.0. The van der Waals surface area contributed by atoms with Crippen LogP contribution in [0.2, 0.25) is 0 Å². The number of fused-ring (bicyclic) bond motifs is 1. The number of esters is 1.